The molecule has 2 atom stereocenters. The first-order valence-electron chi connectivity index (χ1n) is 8.32. The van der Waals surface area contributed by atoms with Crippen molar-refractivity contribution in [3.05, 3.63) is 45.7 Å². The van der Waals surface area contributed by atoms with Crippen LogP contribution in [0.15, 0.2) is 27.5 Å². The van der Waals surface area contributed by atoms with Gasteiger partial charge in [-0.2, -0.15) is 5.10 Å². The zero-order chi connectivity index (χ0) is 17.8. The molecule has 134 valence electrons. The fourth-order valence-electron chi connectivity index (χ4n) is 3.18. The van der Waals surface area contributed by atoms with Crippen LogP contribution in [0.3, 0.4) is 0 Å². The van der Waals surface area contributed by atoms with Crippen molar-refractivity contribution >= 4 is 5.91 Å². The summed E-state index contributed by atoms with van der Waals surface area (Å²) in [4.78, 5) is 25.3. The van der Waals surface area contributed by atoms with Crippen LogP contribution in [0.1, 0.15) is 23.6 Å². The molecule has 1 fully saturated rings. The number of nitrogens with one attached hydrogen (secondary N) is 1. The Balaban J connectivity index is 1.56. The van der Waals surface area contributed by atoms with Gasteiger partial charge in [0.25, 0.3) is 5.56 Å². The summed E-state index contributed by atoms with van der Waals surface area (Å²) in [6.45, 7) is 3.10. The molecule has 0 saturated carbocycles. The maximum absolute atomic E-state index is 12.5. The summed E-state index contributed by atoms with van der Waals surface area (Å²) in [5, 5.41) is 10.2. The Kier molecular flexibility index (Phi) is 5.28. The molecular formula is C17H22N4O4. The van der Waals surface area contributed by atoms with Crippen LogP contribution >= 0.6 is 0 Å². The summed E-state index contributed by atoms with van der Waals surface area (Å²) in [6, 6.07) is 4.97. The van der Waals surface area contributed by atoms with E-state index in [0.717, 1.165) is 11.5 Å². The van der Waals surface area contributed by atoms with Gasteiger partial charge in [0.1, 0.15) is 5.76 Å². The van der Waals surface area contributed by atoms with Gasteiger partial charge in [-0.25, -0.2) is 5.10 Å². The second-order valence-corrected chi connectivity index (χ2v) is 6.38. The van der Waals surface area contributed by atoms with E-state index >= 15 is 0 Å². The summed E-state index contributed by atoms with van der Waals surface area (Å²) < 4.78 is 10.8. The van der Waals surface area contributed by atoms with Crippen molar-refractivity contribution in [2.75, 3.05) is 20.2 Å². The van der Waals surface area contributed by atoms with E-state index in [1.165, 1.54) is 6.07 Å². The number of hydrogen-bond donors (Lipinski definition) is 1. The number of carbonyl (C=O) groups is 1. The molecule has 0 bridgehead atoms. The van der Waals surface area contributed by atoms with E-state index in [2.05, 4.69) is 15.4 Å². The standard InChI is InChI=1S/C17H22N4O4/c1-11-7-14(25-20-11)8-12-9-21(10-15(12)24-2)17(23)6-4-13-3-5-16(22)19-18-13/h3,5,7,12,15H,4,6,8-10H2,1-2H3,(H,19,22)/t12-,15+/m1/s1. The fourth-order valence-corrected chi connectivity index (χ4v) is 3.18. The Hall–Kier alpha value is -2.48. The Morgan fingerprint density at radius 3 is 2.92 bits per heavy atom. The molecule has 1 saturated heterocycles. The van der Waals surface area contributed by atoms with Gasteiger partial charge in [0.15, 0.2) is 0 Å². The summed E-state index contributed by atoms with van der Waals surface area (Å²) in [5.74, 6) is 1.06. The van der Waals surface area contributed by atoms with Crippen molar-refractivity contribution in [2.45, 2.75) is 32.3 Å². The highest BCUT2D eigenvalue weighted by atomic mass is 16.5. The molecule has 0 unspecified atom stereocenters. The Morgan fingerprint density at radius 1 is 1.44 bits per heavy atom. The van der Waals surface area contributed by atoms with E-state index in [9.17, 15) is 9.59 Å². The van der Waals surface area contributed by atoms with Gasteiger partial charge in [-0.05, 0) is 13.0 Å². The molecule has 8 nitrogen and oxygen atoms in total. The van der Waals surface area contributed by atoms with Gasteiger partial charge in [0, 0.05) is 57.5 Å². The second-order valence-electron chi connectivity index (χ2n) is 6.38. The number of aromatic nitrogens is 3. The van der Waals surface area contributed by atoms with Crippen LogP contribution in [-0.2, 0) is 22.4 Å². The average molecular weight is 346 g/mol. The second kappa shape index (κ2) is 7.60. The van der Waals surface area contributed by atoms with E-state index < -0.39 is 0 Å². The van der Waals surface area contributed by atoms with Crippen molar-refractivity contribution in [1.82, 2.24) is 20.3 Å². The van der Waals surface area contributed by atoms with Crippen LogP contribution in [-0.4, -0.2) is 52.5 Å². The number of amides is 1. The number of nitrogens with zero attached hydrogens (tertiary/aromatic N) is 3. The van der Waals surface area contributed by atoms with Gasteiger partial charge >= 0.3 is 0 Å². The SMILES string of the molecule is CO[C@H]1CN(C(=O)CCc2ccc(=O)[nH]n2)C[C@H]1Cc1cc(C)no1. The minimum Gasteiger partial charge on any atom is -0.379 e. The predicted octanol–water partition coefficient (Wildman–Crippen LogP) is 0.715. The quantitative estimate of drug-likeness (QED) is 0.827. The third-order valence-corrected chi connectivity index (χ3v) is 4.51. The monoisotopic (exact) mass is 346 g/mol. The molecule has 3 rings (SSSR count). The maximum atomic E-state index is 12.5. The average Bonchev–Trinajstić information content (AvgIpc) is 3.20. The molecule has 1 N–H and O–H groups in total. The normalized spacial score (nSPS) is 20.2. The van der Waals surface area contributed by atoms with Gasteiger partial charge in [0.05, 0.1) is 17.5 Å². The molecule has 1 aliphatic rings. The van der Waals surface area contributed by atoms with Crippen molar-refractivity contribution in [2.24, 2.45) is 5.92 Å². The third kappa shape index (κ3) is 4.33. The van der Waals surface area contributed by atoms with Crippen LogP contribution < -0.4 is 5.56 Å². The first-order chi connectivity index (χ1) is 12.0. The fraction of sp³-hybridized carbons (Fsp3) is 0.529. The van der Waals surface area contributed by atoms with E-state index in [1.54, 1.807) is 13.2 Å². The van der Waals surface area contributed by atoms with E-state index in [0.29, 0.717) is 38.0 Å². The van der Waals surface area contributed by atoms with Crippen LogP contribution in [0, 0.1) is 12.8 Å². The van der Waals surface area contributed by atoms with Crippen molar-refractivity contribution in [3.63, 3.8) is 0 Å². The van der Waals surface area contributed by atoms with Gasteiger partial charge in [-0.1, -0.05) is 5.16 Å². The molecule has 0 aliphatic carbocycles. The molecule has 8 heteroatoms. The highest BCUT2D eigenvalue weighted by Crippen LogP contribution is 2.24. The van der Waals surface area contributed by atoms with Crippen molar-refractivity contribution < 1.29 is 14.1 Å². The van der Waals surface area contributed by atoms with Crippen molar-refractivity contribution in [1.29, 1.82) is 0 Å². The van der Waals surface area contributed by atoms with Crippen LogP contribution in [0.25, 0.3) is 0 Å². The first kappa shape index (κ1) is 17.3. The van der Waals surface area contributed by atoms with E-state index in [1.807, 2.05) is 17.9 Å². The number of aromatic amines is 1. The third-order valence-electron chi connectivity index (χ3n) is 4.51. The number of likely N-dealkylation sites (tertiary alicyclic amines) is 1. The lowest BCUT2D eigenvalue weighted by molar-refractivity contribution is -0.130. The lowest BCUT2D eigenvalue weighted by atomic mass is 10.0. The van der Waals surface area contributed by atoms with Crippen molar-refractivity contribution in [3.8, 4) is 0 Å². The highest BCUT2D eigenvalue weighted by molar-refractivity contribution is 5.76. The minimum atomic E-state index is -0.247. The zero-order valence-corrected chi connectivity index (χ0v) is 14.4. The summed E-state index contributed by atoms with van der Waals surface area (Å²) in [6.07, 6.45) is 1.53. The number of carbonyl (C=O) groups excluding carboxylic acids is 1. The molecule has 2 aromatic rings. The summed E-state index contributed by atoms with van der Waals surface area (Å²) in [7, 11) is 1.67. The van der Waals surface area contributed by atoms with E-state index in [4.69, 9.17) is 9.26 Å². The molecular weight excluding hydrogens is 324 g/mol. The summed E-state index contributed by atoms with van der Waals surface area (Å²) in [5.41, 5.74) is 1.30. The van der Waals surface area contributed by atoms with Crippen LogP contribution in [0.5, 0.6) is 0 Å². The number of methoxy groups -OCH3 is 1. The molecule has 2 aromatic heterocycles. The number of H-pyrrole nitrogens is 1. The number of aryl methyl sites for hydroxylation is 2. The van der Waals surface area contributed by atoms with Gasteiger partial charge in [0.2, 0.25) is 5.91 Å². The Bertz CT molecular complexity index is 764. The minimum absolute atomic E-state index is 0.0134. The Labute approximate surface area is 145 Å². The summed E-state index contributed by atoms with van der Waals surface area (Å²) >= 11 is 0. The van der Waals surface area contributed by atoms with Crippen LogP contribution in [0.2, 0.25) is 0 Å². The first-order valence-corrected chi connectivity index (χ1v) is 8.32. The highest BCUT2D eigenvalue weighted by Gasteiger charge is 2.35. The maximum Gasteiger partial charge on any atom is 0.264 e. The lowest BCUT2D eigenvalue weighted by Gasteiger charge is -2.15. The molecule has 0 radical (unpaired) electrons. The number of hydrogen-bond acceptors (Lipinski definition) is 6. The number of rotatable bonds is 6. The molecule has 0 aromatic carbocycles. The molecule has 25 heavy (non-hydrogen) atoms. The van der Waals surface area contributed by atoms with Gasteiger partial charge in [-0.15, -0.1) is 0 Å². The smallest absolute Gasteiger partial charge is 0.264 e. The predicted molar refractivity (Wildman–Crippen MR) is 89.0 cm³/mol. The molecule has 1 amide bonds. The molecule has 3 heterocycles. The topological polar surface area (TPSA) is 101 Å². The zero-order valence-electron chi connectivity index (χ0n) is 14.4. The lowest BCUT2D eigenvalue weighted by Crippen LogP contribution is -2.30. The van der Waals surface area contributed by atoms with E-state index in [-0.39, 0.29) is 23.5 Å². The number of ether oxygens (including phenoxy) is 1. The largest absolute Gasteiger partial charge is 0.379 e. The Morgan fingerprint density at radius 2 is 2.28 bits per heavy atom. The van der Waals surface area contributed by atoms with Gasteiger partial charge < -0.3 is 14.2 Å². The van der Waals surface area contributed by atoms with Gasteiger partial charge in [-0.3, -0.25) is 9.59 Å². The molecule has 0 spiro atoms. The van der Waals surface area contributed by atoms with Crippen LogP contribution in [0.4, 0.5) is 0 Å². The molecule has 1 aliphatic heterocycles.